The van der Waals surface area contributed by atoms with Gasteiger partial charge in [0.15, 0.2) is 0 Å². The van der Waals surface area contributed by atoms with Crippen LogP contribution in [-0.4, -0.2) is 35.2 Å². The molecule has 92 valence electrons. The number of hydrogen-bond donors (Lipinski definition) is 2. The second-order valence-corrected chi connectivity index (χ2v) is 4.38. The lowest BCUT2D eigenvalue weighted by molar-refractivity contribution is -0.149. The zero-order chi connectivity index (χ0) is 12.2. The predicted molar refractivity (Wildman–Crippen MR) is 58.1 cm³/mol. The van der Waals surface area contributed by atoms with Crippen molar-refractivity contribution in [3.8, 4) is 0 Å². The molecule has 0 aromatic rings. The third-order valence-electron chi connectivity index (χ3n) is 2.84. The fourth-order valence-corrected chi connectivity index (χ4v) is 1.86. The number of nitrogens with one attached hydrogen (secondary N) is 1. The van der Waals surface area contributed by atoms with Gasteiger partial charge < -0.3 is 15.2 Å². The molecule has 1 heterocycles. The number of carbonyl (C=O) groups is 2. The molecule has 1 unspecified atom stereocenters. The maximum atomic E-state index is 11.7. The van der Waals surface area contributed by atoms with E-state index < -0.39 is 17.6 Å². The van der Waals surface area contributed by atoms with Gasteiger partial charge in [0.05, 0.1) is 0 Å². The Balaban J connectivity index is 2.60. The molecule has 16 heavy (non-hydrogen) atoms. The molecule has 5 heteroatoms. The van der Waals surface area contributed by atoms with E-state index in [0.29, 0.717) is 25.9 Å². The van der Waals surface area contributed by atoms with Gasteiger partial charge in [-0.05, 0) is 26.2 Å². The molecule has 0 bridgehead atoms. The lowest BCUT2D eigenvalue weighted by atomic mass is 9.96. The molecule has 2 N–H and O–H groups in total. The van der Waals surface area contributed by atoms with Gasteiger partial charge >= 0.3 is 5.97 Å². The van der Waals surface area contributed by atoms with Crippen LogP contribution in [0.4, 0.5) is 0 Å². The van der Waals surface area contributed by atoms with Gasteiger partial charge in [-0.15, -0.1) is 0 Å². The van der Waals surface area contributed by atoms with Crippen LogP contribution in [0.5, 0.6) is 0 Å². The fraction of sp³-hybridized carbons (Fsp3) is 0.818. The first-order chi connectivity index (χ1) is 7.49. The minimum absolute atomic E-state index is 0.309. The Morgan fingerprint density at radius 2 is 2.25 bits per heavy atom. The van der Waals surface area contributed by atoms with Crippen molar-refractivity contribution in [1.82, 2.24) is 5.32 Å². The smallest absolute Gasteiger partial charge is 0.329 e. The second-order valence-electron chi connectivity index (χ2n) is 4.38. The molecule has 1 aliphatic rings. The molecule has 0 aromatic carbocycles. The van der Waals surface area contributed by atoms with Gasteiger partial charge in [0.1, 0.15) is 11.6 Å². The summed E-state index contributed by atoms with van der Waals surface area (Å²) < 4.78 is 5.21. The number of carboxylic acids is 1. The standard InChI is InChI=1S/C11H19NO4/c1-3-6-11(2,10(14)15)12-9(13)8-5-4-7-16-8/h8H,3-7H2,1-2H3,(H,12,13)(H,14,15)/t8-,11?/m0/s1. The van der Waals surface area contributed by atoms with E-state index in [9.17, 15) is 9.59 Å². The number of rotatable bonds is 5. The van der Waals surface area contributed by atoms with Gasteiger partial charge in [0.2, 0.25) is 5.91 Å². The molecular weight excluding hydrogens is 210 g/mol. The summed E-state index contributed by atoms with van der Waals surface area (Å²) in [6.07, 6.45) is 2.18. The lowest BCUT2D eigenvalue weighted by Crippen LogP contribution is -2.54. The highest BCUT2D eigenvalue weighted by Crippen LogP contribution is 2.16. The topological polar surface area (TPSA) is 75.6 Å². The summed E-state index contributed by atoms with van der Waals surface area (Å²) >= 11 is 0. The largest absolute Gasteiger partial charge is 0.480 e. The first-order valence-electron chi connectivity index (χ1n) is 5.66. The molecule has 2 atom stereocenters. The highest BCUT2D eigenvalue weighted by Gasteiger charge is 2.36. The molecule has 0 saturated carbocycles. The third kappa shape index (κ3) is 2.95. The van der Waals surface area contributed by atoms with Crippen LogP contribution in [0.25, 0.3) is 0 Å². The van der Waals surface area contributed by atoms with Crippen molar-refractivity contribution >= 4 is 11.9 Å². The average Bonchev–Trinajstić information content (AvgIpc) is 2.70. The van der Waals surface area contributed by atoms with E-state index in [4.69, 9.17) is 9.84 Å². The van der Waals surface area contributed by atoms with E-state index in [1.165, 1.54) is 6.92 Å². The lowest BCUT2D eigenvalue weighted by Gasteiger charge is -2.27. The molecule has 1 aliphatic heterocycles. The van der Waals surface area contributed by atoms with E-state index in [1.807, 2.05) is 6.92 Å². The van der Waals surface area contributed by atoms with E-state index >= 15 is 0 Å². The third-order valence-corrected chi connectivity index (χ3v) is 2.84. The number of carboxylic acid groups (broad SMARTS) is 1. The molecule has 0 aromatic heterocycles. The van der Waals surface area contributed by atoms with E-state index in [-0.39, 0.29) is 5.91 Å². The van der Waals surface area contributed by atoms with Crippen molar-refractivity contribution in [2.75, 3.05) is 6.61 Å². The summed E-state index contributed by atoms with van der Waals surface area (Å²) in [5.74, 6) is -1.31. The van der Waals surface area contributed by atoms with Crippen LogP contribution in [0.3, 0.4) is 0 Å². The summed E-state index contributed by atoms with van der Waals surface area (Å²) in [6.45, 7) is 4.00. The van der Waals surface area contributed by atoms with Crippen molar-refractivity contribution in [1.29, 1.82) is 0 Å². The van der Waals surface area contributed by atoms with Crippen LogP contribution in [-0.2, 0) is 14.3 Å². The highest BCUT2D eigenvalue weighted by molar-refractivity contribution is 5.88. The predicted octanol–water partition coefficient (Wildman–Crippen LogP) is 0.925. The first-order valence-corrected chi connectivity index (χ1v) is 5.66. The molecule has 1 saturated heterocycles. The monoisotopic (exact) mass is 229 g/mol. The van der Waals surface area contributed by atoms with Crippen molar-refractivity contribution in [2.45, 2.75) is 51.2 Å². The van der Waals surface area contributed by atoms with E-state index in [2.05, 4.69) is 5.32 Å². The Morgan fingerprint density at radius 1 is 1.56 bits per heavy atom. The molecular formula is C11H19NO4. The van der Waals surface area contributed by atoms with E-state index in [1.54, 1.807) is 0 Å². The Labute approximate surface area is 95.2 Å². The minimum Gasteiger partial charge on any atom is -0.480 e. The number of aliphatic carboxylic acids is 1. The van der Waals surface area contributed by atoms with Gasteiger partial charge in [-0.1, -0.05) is 13.3 Å². The number of amides is 1. The quantitative estimate of drug-likeness (QED) is 0.735. The molecule has 1 rings (SSSR count). The highest BCUT2D eigenvalue weighted by atomic mass is 16.5. The van der Waals surface area contributed by atoms with Crippen molar-refractivity contribution in [2.24, 2.45) is 0 Å². The maximum Gasteiger partial charge on any atom is 0.329 e. The summed E-state index contributed by atoms with van der Waals surface area (Å²) in [7, 11) is 0. The van der Waals surface area contributed by atoms with Crippen LogP contribution >= 0.6 is 0 Å². The normalized spacial score (nSPS) is 23.8. The molecule has 0 aliphatic carbocycles. The molecule has 1 amide bonds. The summed E-state index contributed by atoms with van der Waals surface area (Å²) in [5, 5.41) is 11.7. The van der Waals surface area contributed by atoms with Crippen LogP contribution in [0, 0.1) is 0 Å². The van der Waals surface area contributed by atoms with Gasteiger partial charge in [-0.25, -0.2) is 4.79 Å². The van der Waals surface area contributed by atoms with Crippen LogP contribution in [0.1, 0.15) is 39.5 Å². The molecule has 5 nitrogen and oxygen atoms in total. The van der Waals surface area contributed by atoms with Gasteiger partial charge in [0.25, 0.3) is 0 Å². The Bertz CT molecular complexity index is 273. The second kappa shape index (κ2) is 5.30. The minimum atomic E-state index is -1.18. The summed E-state index contributed by atoms with van der Waals surface area (Å²) in [6, 6.07) is 0. The Morgan fingerprint density at radius 3 is 2.69 bits per heavy atom. The Kier molecular flexibility index (Phi) is 4.29. The molecule has 0 radical (unpaired) electrons. The zero-order valence-electron chi connectivity index (χ0n) is 9.78. The number of hydrogen-bond acceptors (Lipinski definition) is 3. The van der Waals surface area contributed by atoms with E-state index in [0.717, 1.165) is 6.42 Å². The van der Waals surface area contributed by atoms with Crippen LogP contribution in [0.2, 0.25) is 0 Å². The van der Waals surface area contributed by atoms with Crippen LogP contribution in [0.15, 0.2) is 0 Å². The molecule has 1 fully saturated rings. The van der Waals surface area contributed by atoms with Crippen molar-refractivity contribution in [3.63, 3.8) is 0 Å². The molecule has 0 spiro atoms. The Hall–Kier alpha value is -1.10. The van der Waals surface area contributed by atoms with Gasteiger partial charge in [-0.3, -0.25) is 4.79 Å². The summed E-state index contributed by atoms with van der Waals surface area (Å²) in [4.78, 5) is 22.8. The summed E-state index contributed by atoms with van der Waals surface area (Å²) in [5.41, 5.74) is -1.18. The van der Waals surface area contributed by atoms with Crippen molar-refractivity contribution in [3.05, 3.63) is 0 Å². The average molecular weight is 229 g/mol. The number of ether oxygens (including phenoxy) is 1. The first kappa shape index (κ1) is 13.0. The fourth-order valence-electron chi connectivity index (χ4n) is 1.86. The number of carbonyl (C=O) groups excluding carboxylic acids is 1. The van der Waals surface area contributed by atoms with Crippen LogP contribution < -0.4 is 5.32 Å². The van der Waals surface area contributed by atoms with Gasteiger partial charge in [0, 0.05) is 6.61 Å². The maximum absolute atomic E-state index is 11.7. The SMILES string of the molecule is CCCC(C)(NC(=O)[C@@H]1CCCO1)C(=O)O. The van der Waals surface area contributed by atoms with Crippen molar-refractivity contribution < 1.29 is 19.4 Å². The van der Waals surface area contributed by atoms with Gasteiger partial charge in [-0.2, -0.15) is 0 Å². The zero-order valence-corrected chi connectivity index (χ0v) is 9.78.